The molecule has 0 aromatic heterocycles. The van der Waals surface area contributed by atoms with Crippen LogP contribution in [0.15, 0.2) is 0 Å². The monoisotopic (exact) mass is 624 g/mol. The van der Waals surface area contributed by atoms with Gasteiger partial charge in [-0.2, -0.15) is 0 Å². The second kappa shape index (κ2) is 15.9. The Hall–Kier alpha value is -1.13. The van der Waals surface area contributed by atoms with Crippen LogP contribution in [0.25, 0.3) is 0 Å². The van der Waals surface area contributed by atoms with Crippen molar-refractivity contribution in [2.24, 2.45) is 28.9 Å². The van der Waals surface area contributed by atoms with E-state index in [9.17, 15) is 30.3 Å². The highest BCUT2D eigenvalue weighted by molar-refractivity contribution is 5.81. The lowest BCUT2D eigenvalue weighted by atomic mass is 9.82. The average molecular weight is 625 g/mol. The summed E-state index contributed by atoms with van der Waals surface area (Å²) in [6.45, 7) is 3.23. The fourth-order valence-corrected chi connectivity index (χ4v) is 5.55. The topological polar surface area (TPSA) is 304 Å². The molecule has 3 aliphatic rings. The van der Waals surface area contributed by atoms with Crippen LogP contribution in [0.4, 0.5) is 0 Å². The highest BCUT2D eigenvalue weighted by Crippen LogP contribution is 2.34. The summed E-state index contributed by atoms with van der Waals surface area (Å²) in [6.07, 6.45) is -8.25. The molecule has 2 aliphatic heterocycles. The van der Waals surface area contributed by atoms with E-state index in [1.165, 1.54) is 6.92 Å². The number of nitrogens with one attached hydrogen (secondary N) is 2. The first-order valence-corrected chi connectivity index (χ1v) is 14.8. The molecule has 252 valence electrons. The summed E-state index contributed by atoms with van der Waals surface area (Å²) < 4.78 is 23.8. The van der Waals surface area contributed by atoms with Crippen LogP contribution in [0, 0.1) is 5.92 Å². The van der Waals surface area contributed by atoms with Crippen LogP contribution in [0.1, 0.15) is 33.1 Å². The van der Waals surface area contributed by atoms with Crippen LogP contribution in [-0.2, 0) is 23.7 Å². The van der Waals surface area contributed by atoms with E-state index < -0.39 is 97.3 Å². The maximum Gasteiger partial charge on any atom is 0.250 e. The molecule has 16 N–H and O–H groups in total. The molecule has 1 saturated carbocycles. The van der Waals surface area contributed by atoms with Crippen LogP contribution in [-0.4, -0.2) is 154 Å². The maximum absolute atomic E-state index is 13.0. The SMILES string of the molecule is C[C@@H]1C(O)[C@@H](OC2C(O)C(O[C@H]3O[C@H](CNCCO)CCC3N)[C@@H](N)C[C@H]2NC(=O)[C@@H](O)[C@@H](N)[C@@H](N)CO)OCC1(C)O. The minimum atomic E-state index is -1.80. The van der Waals surface area contributed by atoms with Gasteiger partial charge in [0.25, 0.3) is 5.91 Å². The third kappa shape index (κ3) is 8.99. The zero-order valence-electron chi connectivity index (χ0n) is 24.8. The number of carbonyl (C=O) groups excluding carboxylic acids is 1. The Balaban J connectivity index is 1.79. The molecule has 17 heteroatoms. The summed E-state index contributed by atoms with van der Waals surface area (Å²) in [5, 5.41) is 67.3. The summed E-state index contributed by atoms with van der Waals surface area (Å²) in [6, 6.07) is -4.78. The van der Waals surface area contributed by atoms with E-state index in [2.05, 4.69) is 10.6 Å². The first-order chi connectivity index (χ1) is 20.2. The second-order valence-electron chi connectivity index (χ2n) is 12.2. The molecular formula is C26H52N6O11. The van der Waals surface area contributed by atoms with Gasteiger partial charge in [-0.15, -0.1) is 0 Å². The van der Waals surface area contributed by atoms with Crippen molar-refractivity contribution >= 4 is 5.91 Å². The molecule has 17 nitrogen and oxygen atoms in total. The van der Waals surface area contributed by atoms with Gasteiger partial charge in [0, 0.05) is 31.1 Å². The fraction of sp³-hybridized carbons (Fsp3) is 0.962. The van der Waals surface area contributed by atoms with Gasteiger partial charge in [0.1, 0.15) is 30.5 Å². The van der Waals surface area contributed by atoms with Crippen molar-refractivity contribution < 1.29 is 54.4 Å². The number of nitrogens with two attached hydrogens (primary N) is 4. The van der Waals surface area contributed by atoms with Crippen LogP contribution in [0.5, 0.6) is 0 Å². The van der Waals surface area contributed by atoms with Gasteiger partial charge in [-0.3, -0.25) is 4.79 Å². The minimum absolute atomic E-state index is 0.00826. The number of aliphatic hydroxyl groups excluding tert-OH is 5. The number of hydrogen-bond donors (Lipinski definition) is 12. The second-order valence-corrected chi connectivity index (χ2v) is 12.2. The molecule has 1 aliphatic carbocycles. The fourth-order valence-electron chi connectivity index (χ4n) is 5.55. The van der Waals surface area contributed by atoms with E-state index in [0.29, 0.717) is 25.9 Å². The quantitative estimate of drug-likeness (QED) is 0.0848. The van der Waals surface area contributed by atoms with E-state index in [1.54, 1.807) is 6.92 Å². The molecule has 0 radical (unpaired) electrons. The maximum atomic E-state index is 13.0. The van der Waals surface area contributed by atoms with Gasteiger partial charge in [-0.25, -0.2) is 0 Å². The van der Waals surface area contributed by atoms with Gasteiger partial charge in [-0.1, -0.05) is 6.92 Å². The third-order valence-electron chi connectivity index (χ3n) is 8.74. The number of carbonyl (C=O) groups is 1. The molecule has 0 bridgehead atoms. The van der Waals surface area contributed by atoms with Crippen LogP contribution < -0.4 is 33.6 Å². The Kier molecular flexibility index (Phi) is 13.5. The summed E-state index contributed by atoms with van der Waals surface area (Å²) in [5.74, 6) is -1.61. The minimum Gasteiger partial charge on any atom is -0.395 e. The lowest BCUT2D eigenvalue weighted by Gasteiger charge is -2.48. The van der Waals surface area contributed by atoms with Crippen LogP contribution in [0.3, 0.4) is 0 Å². The molecule has 2 heterocycles. The molecule has 43 heavy (non-hydrogen) atoms. The van der Waals surface area contributed by atoms with Gasteiger partial charge in [0.05, 0.1) is 49.7 Å². The van der Waals surface area contributed by atoms with E-state index in [1.807, 2.05) is 0 Å². The van der Waals surface area contributed by atoms with Crippen LogP contribution in [0.2, 0.25) is 0 Å². The van der Waals surface area contributed by atoms with E-state index >= 15 is 0 Å². The van der Waals surface area contributed by atoms with Gasteiger partial charge in [0.2, 0.25) is 0 Å². The van der Waals surface area contributed by atoms with Gasteiger partial charge in [0.15, 0.2) is 12.6 Å². The molecule has 6 unspecified atom stereocenters. The smallest absolute Gasteiger partial charge is 0.250 e. The predicted octanol–water partition coefficient (Wildman–Crippen LogP) is -6.14. The zero-order valence-corrected chi connectivity index (χ0v) is 24.8. The van der Waals surface area contributed by atoms with Crippen molar-refractivity contribution in [3.63, 3.8) is 0 Å². The highest BCUT2D eigenvalue weighted by atomic mass is 16.7. The van der Waals surface area contributed by atoms with Crippen molar-refractivity contribution in [1.29, 1.82) is 0 Å². The van der Waals surface area contributed by atoms with Crippen LogP contribution >= 0.6 is 0 Å². The number of ether oxygens (including phenoxy) is 4. The molecular weight excluding hydrogens is 572 g/mol. The van der Waals surface area contributed by atoms with Crippen molar-refractivity contribution in [2.75, 3.05) is 32.9 Å². The van der Waals surface area contributed by atoms with E-state index in [0.717, 1.165) is 0 Å². The molecule has 0 spiro atoms. The summed E-state index contributed by atoms with van der Waals surface area (Å²) in [7, 11) is 0. The molecule has 0 aromatic carbocycles. The average Bonchev–Trinajstić information content (AvgIpc) is 2.97. The number of amides is 1. The molecule has 1 amide bonds. The number of aliphatic hydroxyl groups is 6. The number of rotatable bonds is 13. The standard InChI is InChI=1S/C26H52N6O11/c1-11-18(35)25(40-10-26(11,2)39)43-22-16(32-23(38)19(36)17(30)15(29)9-34)7-14(28)21(20(22)37)42-24-13(27)4-3-12(41-24)8-31-5-6-33/h11-22,24-25,31,33-37,39H,3-10,27-30H2,1-2H3,(H,32,38)/t11-,12+,13?,14+,15+,16-,17+,18?,19+,20?,21?,22?,24-,25-,26?/m1/s1. The Morgan fingerprint density at radius 3 is 2.40 bits per heavy atom. The molecule has 15 atom stereocenters. The first-order valence-electron chi connectivity index (χ1n) is 14.8. The normalized spacial score (nSPS) is 42.7. The lowest BCUT2D eigenvalue weighted by Crippen LogP contribution is -2.68. The largest absolute Gasteiger partial charge is 0.395 e. The Bertz CT molecular complexity index is 877. The third-order valence-corrected chi connectivity index (χ3v) is 8.74. The first kappa shape index (κ1) is 36.3. The van der Waals surface area contributed by atoms with Gasteiger partial charge < -0.3 is 83.2 Å². The lowest BCUT2D eigenvalue weighted by molar-refractivity contribution is -0.314. The zero-order chi connectivity index (χ0) is 32.1. The molecule has 3 fully saturated rings. The highest BCUT2D eigenvalue weighted by Gasteiger charge is 2.51. The van der Waals surface area contributed by atoms with Gasteiger partial charge >= 0.3 is 0 Å². The predicted molar refractivity (Wildman–Crippen MR) is 151 cm³/mol. The Morgan fingerprint density at radius 1 is 1.07 bits per heavy atom. The van der Waals surface area contributed by atoms with Crippen molar-refractivity contribution in [3.05, 3.63) is 0 Å². The van der Waals surface area contributed by atoms with Crippen molar-refractivity contribution in [1.82, 2.24) is 10.6 Å². The summed E-state index contributed by atoms with van der Waals surface area (Å²) in [4.78, 5) is 13.0. The van der Waals surface area contributed by atoms with Crippen molar-refractivity contribution in [3.8, 4) is 0 Å². The summed E-state index contributed by atoms with van der Waals surface area (Å²) >= 11 is 0. The van der Waals surface area contributed by atoms with Gasteiger partial charge in [-0.05, 0) is 26.2 Å². The number of hydrogen-bond acceptors (Lipinski definition) is 16. The molecule has 2 saturated heterocycles. The Morgan fingerprint density at radius 2 is 1.74 bits per heavy atom. The van der Waals surface area contributed by atoms with Crippen molar-refractivity contribution in [2.45, 2.75) is 118 Å². The summed E-state index contributed by atoms with van der Waals surface area (Å²) in [5.41, 5.74) is 22.9. The van der Waals surface area contributed by atoms with E-state index in [4.69, 9.17) is 47.0 Å². The Labute approximate surface area is 251 Å². The molecule has 0 aromatic rings. The van der Waals surface area contributed by atoms with E-state index in [-0.39, 0.29) is 25.7 Å². The molecule has 3 rings (SSSR count).